The lowest BCUT2D eigenvalue weighted by atomic mass is 9.93. The molecule has 5 heteroatoms. The summed E-state index contributed by atoms with van der Waals surface area (Å²) < 4.78 is 0. The molecule has 1 aliphatic rings. The molecule has 0 radical (unpaired) electrons. The molecule has 1 aliphatic heterocycles. The number of carbonyl (C=O) groups is 2. The standard InChI is InChI=1S/C16H23N3O2/c1-2-18-14-6-4-3-5-13(14)16(21)19-9-7-12(8-10-19)11-15(17)20/h3-6,12,18H,2,7-11H2,1H3,(H2,17,20). The van der Waals surface area contributed by atoms with Crippen LogP contribution in [0.3, 0.4) is 0 Å². The van der Waals surface area contributed by atoms with E-state index in [9.17, 15) is 9.59 Å². The Balaban J connectivity index is 2.00. The van der Waals surface area contributed by atoms with E-state index in [1.165, 1.54) is 0 Å². The van der Waals surface area contributed by atoms with Gasteiger partial charge in [-0.05, 0) is 37.8 Å². The Morgan fingerprint density at radius 1 is 1.29 bits per heavy atom. The molecular weight excluding hydrogens is 266 g/mol. The molecule has 0 aliphatic carbocycles. The number of anilines is 1. The van der Waals surface area contributed by atoms with Gasteiger partial charge in [-0.2, -0.15) is 0 Å². The lowest BCUT2D eigenvalue weighted by Crippen LogP contribution is -2.39. The molecule has 1 aromatic rings. The van der Waals surface area contributed by atoms with Crippen LogP contribution >= 0.6 is 0 Å². The molecule has 1 fully saturated rings. The lowest BCUT2D eigenvalue weighted by Gasteiger charge is -2.32. The van der Waals surface area contributed by atoms with Gasteiger partial charge in [-0.15, -0.1) is 0 Å². The van der Waals surface area contributed by atoms with Gasteiger partial charge in [0.2, 0.25) is 5.91 Å². The molecule has 1 aromatic carbocycles. The number of para-hydroxylation sites is 1. The number of piperidine rings is 1. The predicted octanol–water partition coefficient (Wildman–Crippen LogP) is 1.85. The smallest absolute Gasteiger partial charge is 0.255 e. The first-order valence-corrected chi connectivity index (χ1v) is 7.52. The zero-order chi connectivity index (χ0) is 15.2. The van der Waals surface area contributed by atoms with E-state index in [0.717, 1.165) is 25.1 Å². The van der Waals surface area contributed by atoms with E-state index in [1.54, 1.807) is 0 Å². The van der Waals surface area contributed by atoms with Crippen LogP contribution in [-0.4, -0.2) is 36.3 Å². The molecule has 0 aromatic heterocycles. The van der Waals surface area contributed by atoms with Gasteiger partial charge in [-0.25, -0.2) is 0 Å². The van der Waals surface area contributed by atoms with E-state index < -0.39 is 0 Å². The van der Waals surface area contributed by atoms with Crippen LogP contribution in [0.4, 0.5) is 5.69 Å². The summed E-state index contributed by atoms with van der Waals surface area (Å²) >= 11 is 0. The zero-order valence-electron chi connectivity index (χ0n) is 12.5. The number of rotatable bonds is 5. The molecule has 0 spiro atoms. The maximum absolute atomic E-state index is 12.6. The van der Waals surface area contributed by atoms with E-state index in [2.05, 4.69) is 5.32 Å². The second-order valence-electron chi connectivity index (χ2n) is 5.48. The SMILES string of the molecule is CCNc1ccccc1C(=O)N1CCC(CC(N)=O)CC1. The van der Waals surface area contributed by atoms with Crippen molar-refractivity contribution in [3.63, 3.8) is 0 Å². The Morgan fingerprint density at radius 3 is 2.57 bits per heavy atom. The van der Waals surface area contributed by atoms with Crippen molar-refractivity contribution in [2.24, 2.45) is 11.7 Å². The Morgan fingerprint density at radius 2 is 1.95 bits per heavy atom. The van der Waals surface area contributed by atoms with Crippen molar-refractivity contribution in [2.75, 3.05) is 25.0 Å². The number of likely N-dealkylation sites (tertiary alicyclic amines) is 1. The summed E-state index contributed by atoms with van der Waals surface area (Å²) in [6.45, 7) is 4.18. The molecule has 21 heavy (non-hydrogen) atoms. The fraction of sp³-hybridized carbons (Fsp3) is 0.500. The molecule has 1 heterocycles. The highest BCUT2D eigenvalue weighted by molar-refractivity contribution is 5.99. The Labute approximate surface area is 125 Å². The van der Waals surface area contributed by atoms with Crippen molar-refractivity contribution in [1.29, 1.82) is 0 Å². The van der Waals surface area contributed by atoms with Gasteiger partial charge in [-0.1, -0.05) is 12.1 Å². The largest absolute Gasteiger partial charge is 0.385 e. The molecule has 0 atom stereocenters. The Hall–Kier alpha value is -2.04. The monoisotopic (exact) mass is 289 g/mol. The van der Waals surface area contributed by atoms with Crippen LogP contribution in [0.25, 0.3) is 0 Å². The molecule has 2 rings (SSSR count). The van der Waals surface area contributed by atoms with Crippen molar-refractivity contribution in [3.05, 3.63) is 29.8 Å². The lowest BCUT2D eigenvalue weighted by molar-refractivity contribution is -0.119. The Kier molecular flexibility index (Phi) is 5.20. The van der Waals surface area contributed by atoms with Crippen LogP contribution in [0.1, 0.15) is 36.5 Å². The minimum absolute atomic E-state index is 0.0593. The zero-order valence-corrected chi connectivity index (χ0v) is 12.5. The van der Waals surface area contributed by atoms with E-state index in [-0.39, 0.29) is 11.8 Å². The summed E-state index contributed by atoms with van der Waals surface area (Å²) in [6, 6.07) is 7.59. The van der Waals surface area contributed by atoms with Crippen molar-refractivity contribution in [1.82, 2.24) is 4.90 Å². The molecule has 1 saturated heterocycles. The fourth-order valence-electron chi connectivity index (χ4n) is 2.81. The number of hydrogen-bond acceptors (Lipinski definition) is 3. The highest BCUT2D eigenvalue weighted by Gasteiger charge is 2.25. The topological polar surface area (TPSA) is 75.4 Å². The first-order valence-electron chi connectivity index (χ1n) is 7.52. The van der Waals surface area contributed by atoms with Crippen LogP contribution in [0, 0.1) is 5.92 Å². The third-order valence-electron chi connectivity index (χ3n) is 3.92. The van der Waals surface area contributed by atoms with Gasteiger partial charge >= 0.3 is 0 Å². The van der Waals surface area contributed by atoms with Crippen LogP contribution in [0.2, 0.25) is 0 Å². The maximum atomic E-state index is 12.6. The molecule has 5 nitrogen and oxygen atoms in total. The third kappa shape index (κ3) is 3.97. The average molecular weight is 289 g/mol. The second-order valence-corrected chi connectivity index (χ2v) is 5.48. The number of nitrogens with zero attached hydrogens (tertiary/aromatic N) is 1. The van der Waals surface area contributed by atoms with Crippen molar-refractivity contribution in [3.8, 4) is 0 Å². The van der Waals surface area contributed by atoms with Gasteiger partial charge in [0.05, 0.1) is 5.56 Å². The van der Waals surface area contributed by atoms with Gasteiger partial charge in [0.15, 0.2) is 0 Å². The molecule has 0 bridgehead atoms. The highest BCUT2D eigenvalue weighted by Crippen LogP contribution is 2.23. The Bertz CT molecular complexity index is 508. The number of nitrogens with two attached hydrogens (primary N) is 1. The van der Waals surface area contributed by atoms with Gasteiger partial charge < -0.3 is 16.0 Å². The molecule has 3 N–H and O–H groups in total. The number of hydrogen-bond donors (Lipinski definition) is 2. The quantitative estimate of drug-likeness (QED) is 0.868. The summed E-state index contributed by atoms with van der Waals surface area (Å²) in [5.74, 6) is 0.122. The van der Waals surface area contributed by atoms with Crippen LogP contribution in [0.15, 0.2) is 24.3 Å². The van der Waals surface area contributed by atoms with Gasteiger partial charge in [0, 0.05) is 31.7 Å². The van der Waals surface area contributed by atoms with E-state index in [1.807, 2.05) is 36.1 Å². The first-order chi connectivity index (χ1) is 10.1. The summed E-state index contributed by atoms with van der Waals surface area (Å²) in [6.07, 6.45) is 2.12. The number of benzene rings is 1. The van der Waals surface area contributed by atoms with Crippen molar-refractivity contribution < 1.29 is 9.59 Å². The van der Waals surface area contributed by atoms with E-state index in [0.29, 0.717) is 31.0 Å². The van der Waals surface area contributed by atoms with Gasteiger partial charge in [0.1, 0.15) is 0 Å². The maximum Gasteiger partial charge on any atom is 0.255 e. The van der Waals surface area contributed by atoms with Crippen molar-refractivity contribution >= 4 is 17.5 Å². The summed E-state index contributed by atoms with van der Waals surface area (Å²) in [4.78, 5) is 25.4. The van der Waals surface area contributed by atoms with Crippen LogP contribution in [-0.2, 0) is 4.79 Å². The van der Waals surface area contributed by atoms with Crippen LogP contribution in [0.5, 0.6) is 0 Å². The molecule has 0 unspecified atom stereocenters. The van der Waals surface area contributed by atoms with Gasteiger partial charge in [-0.3, -0.25) is 9.59 Å². The normalized spacial score (nSPS) is 15.8. The molecule has 114 valence electrons. The van der Waals surface area contributed by atoms with Gasteiger partial charge in [0.25, 0.3) is 5.91 Å². The highest BCUT2D eigenvalue weighted by atomic mass is 16.2. The van der Waals surface area contributed by atoms with E-state index in [4.69, 9.17) is 5.73 Å². The summed E-state index contributed by atoms with van der Waals surface area (Å²) in [7, 11) is 0. The molecular formula is C16H23N3O2. The number of primary amides is 1. The number of nitrogens with one attached hydrogen (secondary N) is 1. The minimum atomic E-state index is -0.253. The first kappa shape index (κ1) is 15.4. The summed E-state index contributed by atoms with van der Waals surface area (Å²) in [5, 5.41) is 3.22. The summed E-state index contributed by atoms with van der Waals surface area (Å²) in [5.41, 5.74) is 6.83. The van der Waals surface area contributed by atoms with Crippen LogP contribution < -0.4 is 11.1 Å². The molecule has 2 amide bonds. The van der Waals surface area contributed by atoms with E-state index >= 15 is 0 Å². The number of carbonyl (C=O) groups excluding carboxylic acids is 2. The third-order valence-corrected chi connectivity index (χ3v) is 3.92. The fourth-order valence-corrected chi connectivity index (χ4v) is 2.81. The molecule has 0 saturated carbocycles. The van der Waals surface area contributed by atoms with Crippen molar-refractivity contribution in [2.45, 2.75) is 26.2 Å². The number of amides is 2. The average Bonchev–Trinajstić information content (AvgIpc) is 2.48. The second kappa shape index (κ2) is 7.11. The minimum Gasteiger partial charge on any atom is -0.385 e. The predicted molar refractivity (Wildman–Crippen MR) is 83.0 cm³/mol.